The van der Waals surface area contributed by atoms with Gasteiger partial charge in [0.05, 0.1) is 6.61 Å². The summed E-state index contributed by atoms with van der Waals surface area (Å²) in [4.78, 5) is 4.53. The van der Waals surface area contributed by atoms with Crippen molar-refractivity contribution in [2.24, 2.45) is 0 Å². The summed E-state index contributed by atoms with van der Waals surface area (Å²) in [6.45, 7) is 9.61. The zero-order chi connectivity index (χ0) is 9.40. The lowest BCUT2D eigenvalue weighted by Crippen LogP contribution is -2.34. The molecule has 0 aromatic carbocycles. The van der Waals surface area contributed by atoms with Gasteiger partial charge >= 0.3 is 0 Å². The smallest absolute Gasteiger partial charge is 0.0558 e. The van der Waals surface area contributed by atoms with Crippen molar-refractivity contribution in [3.05, 3.63) is 0 Å². The first kappa shape index (κ1) is 11.9. The van der Waals surface area contributed by atoms with Crippen LogP contribution in [0.1, 0.15) is 13.8 Å². The maximum atomic E-state index is 8.73. The summed E-state index contributed by atoms with van der Waals surface area (Å²) in [5.41, 5.74) is 0. The highest BCUT2D eigenvalue weighted by Gasteiger charge is 2.01. The molecular weight excluding hydrogens is 152 g/mol. The van der Waals surface area contributed by atoms with Crippen molar-refractivity contribution in [1.82, 2.24) is 9.80 Å². The topological polar surface area (TPSA) is 26.7 Å². The van der Waals surface area contributed by atoms with Gasteiger partial charge in [-0.1, -0.05) is 13.8 Å². The second-order valence-electron chi connectivity index (χ2n) is 3.05. The second-order valence-corrected chi connectivity index (χ2v) is 3.05. The highest BCUT2D eigenvalue weighted by Crippen LogP contribution is 1.88. The molecule has 0 radical (unpaired) electrons. The van der Waals surface area contributed by atoms with Crippen LogP contribution in [-0.4, -0.2) is 61.3 Å². The highest BCUT2D eigenvalue weighted by molar-refractivity contribution is 4.57. The molecule has 0 bridgehead atoms. The summed E-state index contributed by atoms with van der Waals surface area (Å²) in [6.07, 6.45) is 0. The molecular formula is C9H22N2O. The Kier molecular flexibility index (Phi) is 7.45. The number of hydrogen-bond acceptors (Lipinski definition) is 3. The molecule has 0 rings (SSSR count). The first-order chi connectivity index (χ1) is 5.74. The van der Waals surface area contributed by atoms with Crippen LogP contribution in [0.2, 0.25) is 0 Å². The Bertz CT molecular complexity index is 98.5. The number of nitrogens with zero attached hydrogens (tertiary/aromatic N) is 2. The third-order valence-electron chi connectivity index (χ3n) is 2.20. The number of aliphatic hydroxyl groups is 1. The molecule has 0 saturated carbocycles. The van der Waals surface area contributed by atoms with Gasteiger partial charge in [-0.05, 0) is 20.1 Å². The molecule has 0 aliphatic heterocycles. The second kappa shape index (κ2) is 7.53. The fourth-order valence-electron chi connectivity index (χ4n) is 1.04. The summed E-state index contributed by atoms with van der Waals surface area (Å²) in [6, 6.07) is 0. The average molecular weight is 174 g/mol. The first-order valence-corrected chi connectivity index (χ1v) is 4.76. The van der Waals surface area contributed by atoms with E-state index in [4.69, 9.17) is 5.11 Å². The third-order valence-corrected chi connectivity index (χ3v) is 2.20. The molecule has 1 N–H and O–H groups in total. The predicted octanol–water partition coefficient (Wildman–Crippen LogP) is 0.252. The van der Waals surface area contributed by atoms with Gasteiger partial charge in [0.25, 0.3) is 0 Å². The Morgan fingerprint density at radius 1 is 1.00 bits per heavy atom. The van der Waals surface area contributed by atoms with E-state index in [-0.39, 0.29) is 6.61 Å². The molecule has 74 valence electrons. The lowest BCUT2D eigenvalue weighted by molar-refractivity contribution is 0.185. The summed E-state index contributed by atoms with van der Waals surface area (Å²) in [5, 5.41) is 8.73. The third kappa shape index (κ3) is 5.52. The average Bonchev–Trinajstić information content (AvgIpc) is 2.11. The van der Waals surface area contributed by atoms with Gasteiger partial charge in [-0.3, -0.25) is 0 Å². The van der Waals surface area contributed by atoms with Crippen LogP contribution in [-0.2, 0) is 0 Å². The number of rotatable bonds is 7. The Hall–Kier alpha value is -0.120. The molecule has 0 aliphatic rings. The maximum absolute atomic E-state index is 8.73. The summed E-state index contributed by atoms with van der Waals surface area (Å²) in [5.74, 6) is 0. The van der Waals surface area contributed by atoms with Gasteiger partial charge in [-0.15, -0.1) is 0 Å². The molecule has 0 atom stereocenters. The van der Waals surface area contributed by atoms with Crippen molar-refractivity contribution in [1.29, 1.82) is 0 Å². The van der Waals surface area contributed by atoms with E-state index in [1.165, 1.54) is 0 Å². The molecule has 12 heavy (non-hydrogen) atoms. The van der Waals surface area contributed by atoms with E-state index in [2.05, 4.69) is 30.7 Å². The fourth-order valence-corrected chi connectivity index (χ4v) is 1.04. The molecule has 0 aromatic heterocycles. The van der Waals surface area contributed by atoms with E-state index < -0.39 is 0 Å². The zero-order valence-electron chi connectivity index (χ0n) is 8.58. The lowest BCUT2D eigenvalue weighted by atomic mass is 10.4. The van der Waals surface area contributed by atoms with Crippen molar-refractivity contribution in [3.63, 3.8) is 0 Å². The van der Waals surface area contributed by atoms with Crippen molar-refractivity contribution < 1.29 is 5.11 Å². The van der Waals surface area contributed by atoms with E-state index in [0.717, 1.165) is 32.7 Å². The van der Waals surface area contributed by atoms with Crippen LogP contribution < -0.4 is 0 Å². The van der Waals surface area contributed by atoms with Gasteiger partial charge in [0, 0.05) is 19.6 Å². The minimum atomic E-state index is 0.268. The predicted molar refractivity (Wildman–Crippen MR) is 52.4 cm³/mol. The molecule has 0 amide bonds. The molecule has 0 unspecified atom stereocenters. The van der Waals surface area contributed by atoms with Gasteiger partial charge < -0.3 is 14.9 Å². The van der Waals surface area contributed by atoms with Crippen molar-refractivity contribution in [3.8, 4) is 0 Å². The lowest BCUT2D eigenvalue weighted by Gasteiger charge is -2.22. The van der Waals surface area contributed by atoms with Gasteiger partial charge in [0.15, 0.2) is 0 Å². The molecule has 3 nitrogen and oxygen atoms in total. The van der Waals surface area contributed by atoms with Crippen LogP contribution in [0.15, 0.2) is 0 Å². The summed E-state index contributed by atoms with van der Waals surface area (Å²) >= 11 is 0. The summed E-state index contributed by atoms with van der Waals surface area (Å²) < 4.78 is 0. The van der Waals surface area contributed by atoms with Crippen LogP contribution in [0.5, 0.6) is 0 Å². The van der Waals surface area contributed by atoms with E-state index in [1.54, 1.807) is 0 Å². The van der Waals surface area contributed by atoms with Crippen LogP contribution in [0.3, 0.4) is 0 Å². The van der Waals surface area contributed by atoms with Crippen molar-refractivity contribution in [2.75, 3.05) is 46.4 Å². The molecule has 0 aliphatic carbocycles. The van der Waals surface area contributed by atoms with Crippen molar-refractivity contribution >= 4 is 0 Å². The molecule has 0 heterocycles. The van der Waals surface area contributed by atoms with Crippen LogP contribution in [0.4, 0.5) is 0 Å². The van der Waals surface area contributed by atoms with Crippen molar-refractivity contribution in [2.45, 2.75) is 13.8 Å². The van der Waals surface area contributed by atoms with E-state index in [9.17, 15) is 0 Å². The van der Waals surface area contributed by atoms with Gasteiger partial charge in [-0.25, -0.2) is 0 Å². The first-order valence-electron chi connectivity index (χ1n) is 4.76. The molecule has 0 spiro atoms. The highest BCUT2D eigenvalue weighted by atomic mass is 16.3. The largest absolute Gasteiger partial charge is 0.395 e. The van der Waals surface area contributed by atoms with Gasteiger partial charge in [0.2, 0.25) is 0 Å². The Morgan fingerprint density at radius 2 is 1.67 bits per heavy atom. The van der Waals surface area contributed by atoms with E-state index >= 15 is 0 Å². The Balaban J connectivity index is 3.43. The standard InChI is InChI=1S/C9H22N2O/c1-4-10(3)6-7-11(5-2)8-9-12/h12H,4-9H2,1-3H3. The molecule has 0 saturated heterocycles. The number of likely N-dealkylation sites (N-methyl/N-ethyl adjacent to an activating group) is 2. The molecule has 0 aromatic rings. The minimum Gasteiger partial charge on any atom is -0.395 e. The Labute approximate surface area is 76.0 Å². The quantitative estimate of drug-likeness (QED) is 0.599. The van der Waals surface area contributed by atoms with E-state index in [0.29, 0.717) is 0 Å². The van der Waals surface area contributed by atoms with Crippen LogP contribution in [0, 0.1) is 0 Å². The fraction of sp³-hybridized carbons (Fsp3) is 1.00. The van der Waals surface area contributed by atoms with E-state index in [1.807, 2.05) is 0 Å². The van der Waals surface area contributed by atoms with Gasteiger partial charge in [-0.2, -0.15) is 0 Å². The van der Waals surface area contributed by atoms with Gasteiger partial charge in [0.1, 0.15) is 0 Å². The monoisotopic (exact) mass is 174 g/mol. The van der Waals surface area contributed by atoms with Crippen LogP contribution >= 0.6 is 0 Å². The Morgan fingerprint density at radius 3 is 2.08 bits per heavy atom. The SMILES string of the molecule is CCN(C)CCN(CC)CCO. The normalized spacial score (nSPS) is 11.5. The summed E-state index contributed by atoms with van der Waals surface area (Å²) in [7, 11) is 2.12. The molecule has 3 heteroatoms. The maximum Gasteiger partial charge on any atom is 0.0558 e. The van der Waals surface area contributed by atoms with Crippen LogP contribution in [0.25, 0.3) is 0 Å². The number of aliphatic hydroxyl groups excluding tert-OH is 1. The molecule has 0 fully saturated rings. The zero-order valence-corrected chi connectivity index (χ0v) is 8.58. The number of hydrogen-bond donors (Lipinski definition) is 1. The minimum absolute atomic E-state index is 0.268.